The van der Waals surface area contributed by atoms with Crippen molar-refractivity contribution in [2.24, 2.45) is 0 Å². The number of benzene rings is 2. The van der Waals surface area contributed by atoms with Crippen molar-refractivity contribution in [3.05, 3.63) is 75.5 Å². The SMILES string of the molecule is Cc1ccc(OCc2nc(C(=O)Nc3ccc(C)c(F)c3)cs2)cc1. The molecule has 0 bridgehead atoms. The summed E-state index contributed by atoms with van der Waals surface area (Å²) in [6, 6.07) is 12.3. The van der Waals surface area contributed by atoms with Gasteiger partial charge >= 0.3 is 0 Å². The highest BCUT2D eigenvalue weighted by atomic mass is 32.1. The van der Waals surface area contributed by atoms with Crippen LogP contribution >= 0.6 is 11.3 Å². The summed E-state index contributed by atoms with van der Waals surface area (Å²) in [7, 11) is 0. The van der Waals surface area contributed by atoms with Crippen LogP contribution in [0.25, 0.3) is 0 Å². The van der Waals surface area contributed by atoms with Crippen LogP contribution in [0.15, 0.2) is 47.8 Å². The first-order valence-electron chi connectivity index (χ1n) is 7.72. The zero-order valence-electron chi connectivity index (χ0n) is 13.9. The average molecular weight is 356 g/mol. The zero-order chi connectivity index (χ0) is 17.8. The van der Waals surface area contributed by atoms with Gasteiger partial charge in [0.15, 0.2) is 0 Å². The Morgan fingerprint density at radius 3 is 2.68 bits per heavy atom. The van der Waals surface area contributed by atoms with Crippen LogP contribution < -0.4 is 10.1 Å². The lowest BCUT2D eigenvalue weighted by Gasteiger charge is -2.05. The molecular formula is C19H17FN2O2S. The van der Waals surface area contributed by atoms with E-state index in [9.17, 15) is 9.18 Å². The van der Waals surface area contributed by atoms with Crippen molar-refractivity contribution < 1.29 is 13.9 Å². The van der Waals surface area contributed by atoms with E-state index < -0.39 is 0 Å². The van der Waals surface area contributed by atoms with Gasteiger partial charge in [0.1, 0.15) is 28.9 Å². The average Bonchev–Trinajstić information content (AvgIpc) is 3.07. The molecular weight excluding hydrogens is 339 g/mol. The van der Waals surface area contributed by atoms with Crippen molar-refractivity contribution in [2.75, 3.05) is 5.32 Å². The molecule has 0 fully saturated rings. The number of carbonyl (C=O) groups is 1. The highest BCUT2D eigenvalue weighted by molar-refractivity contribution is 7.09. The number of anilines is 1. The predicted octanol–water partition coefficient (Wildman–Crippen LogP) is 4.73. The van der Waals surface area contributed by atoms with Gasteiger partial charge in [-0.3, -0.25) is 4.79 Å². The van der Waals surface area contributed by atoms with Gasteiger partial charge in [-0.15, -0.1) is 11.3 Å². The molecule has 3 aromatic rings. The fourth-order valence-electron chi connectivity index (χ4n) is 2.13. The molecule has 0 radical (unpaired) electrons. The molecule has 1 heterocycles. The van der Waals surface area contributed by atoms with Crippen LogP contribution in [0.5, 0.6) is 5.75 Å². The summed E-state index contributed by atoms with van der Waals surface area (Å²) in [5.74, 6) is 0.0197. The van der Waals surface area contributed by atoms with E-state index in [0.29, 0.717) is 22.9 Å². The van der Waals surface area contributed by atoms with Crippen molar-refractivity contribution in [3.8, 4) is 5.75 Å². The van der Waals surface area contributed by atoms with Crippen LogP contribution in [0.1, 0.15) is 26.6 Å². The van der Waals surface area contributed by atoms with Crippen LogP contribution in [0.3, 0.4) is 0 Å². The Morgan fingerprint density at radius 2 is 1.96 bits per heavy atom. The Labute approximate surface area is 149 Å². The molecule has 128 valence electrons. The highest BCUT2D eigenvalue weighted by Gasteiger charge is 2.12. The smallest absolute Gasteiger partial charge is 0.275 e. The van der Waals surface area contributed by atoms with E-state index in [1.54, 1.807) is 24.4 Å². The third-order valence-corrected chi connectivity index (χ3v) is 4.42. The Morgan fingerprint density at radius 1 is 1.20 bits per heavy atom. The summed E-state index contributed by atoms with van der Waals surface area (Å²) < 4.78 is 19.2. The summed E-state index contributed by atoms with van der Waals surface area (Å²) >= 11 is 1.35. The number of rotatable bonds is 5. The molecule has 3 rings (SSSR count). The fourth-order valence-corrected chi connectivity index (χ4v) is 2.81. The largest absolute Gasteiger partial charge is 0.486 e. The predicted molar refractivity (Wildman–Crippen MR) is 96.7 cm³/mol. The van der Waals surface area contributed by atoms with Gasteiger partial charge in [0.25, 0.3) is 5.91 Å². The Kier molecular flexibility index (Phi) is 5.09. The second-order valence-electron chi connectivity index (χ2n) is 5.65. The van der Waals surface area contributed by atoms with Crippen molar-refractivity contribution in [1.29, 1.82) is 0 Å². The molecule has 0 aliphatic heterocycles. The number of aromatic nitrogens is 1. The first-order chi connectivity index (χ1) is 12.0. The lowest BCUT2D eigenvalue weighted by atomic mass is 10.2. The van der Waals surface area contributed by atoms with Gasteiger partial charge in [-0.05, 0) is 43.7 Å². The van der Waals surface area contributed by atoms with E-state index in [0.717, 1.165) is 11.3 Å². The summed E-state index contributed by atoms with van der Waals surface area (Å²) in [5, 5.41) is 5.00. The molecule has 0 aliphatic rings. The number of thiazole rings is 1. The molecule has 25 heavy (non-hydrogen) atoms. The number of ether oxygens (including phenoxy) is 1. The summed E-state index contributed by atoms with van der Waals surface area (Å²) in [4.78, 5) is 16.5. The van der Waals surface area contributed by atoms with E-state index in [2.05, 4.69) is 10.3 Å². The monoisotopic (exact) mass is 356 g/mol. The number of carbonyl (C=O) groups excluding carboxylic acids is 1. The number of nitrogens with one attached hydrogen (secondary N) is 1. The number of amides is 1. The van der Waals surface area contributed by atoms with Gasteiger partial charge in [0.2, 0.25) is 0 Å². The molecule has 1 aromatic heterocycles. The maximum absolute atomic E-state index is 13.5. The summed E-state index contributed by atoms with van der Waals surface area (Å²) in [6.07, 6.45) is 0. The number of hydrogen-bond donors (Lipinski definition) is 1. The second kappa shape index (κ2) is 7.44. The number of nitrogens with zero attached hydrogens (tertiary/aromatic N) is 1. The minimum absolute atomic E-state index is 0.286. The molecule has 0 unspecified atom stereocenters. The van der Waals surface area contributed by atoms with Crippen molar-refractivity contribution in [2.45, 2.75) is 20.5 Å². The summed E-state index contributed by atoms with van der Waals surface area (Å²) in [5.41, 5.74) is 2.38. The second-order valence-corrected chi connectivity index (χ2v) is 6.59. The molecule has 1 amide bonds. The molecule has 0 spiro atoms. The van der Waals surface area contributed by atoms with Gasteiger partial charge in [-0.2, -0.15) is 0 Å². The molecule has 6 heteroatoms. The minimum Gasteiger partial charge on any atom is -0.486 e. The van der Waals surface area contributed by atoms with Gasteiger partial charge in [-0.1, -0.05) is 23.8 Å². The molecule has 1 N–H and O–H groups in total. The van der Waals surface area contributed by atoms with Gasteiger partial charge in [-0.25, -0.2) is 9.37 Å². The normalized spacial score (nSPS) is 10.5. The minimum atomic E-state index is -0.374. The van der Waals surface area contributed by atoms with E-state index in [4.69, 9.17) is 4.74 Å². The maximum Gasteiger partial charge on any atom is 0.275 e. The van der Waals surface area contributed by atoms with Gasteiger partial charge in [0, 0.05) is 11.1 Å². The first-order valence-corrected chi connectivity index (χ1v) is 8.60. The fraction of sp³-hybridized carbons (Fsp3) is 0.158. The molecule has 0 saturated carbocycles. The third-order valence-electron chi connectivity index (χ3n) is 3.60. The first kappa shape index (κ1) is 17.1. The molecule has 4 nitrogen and oxygen atoms in total. The van der Waals surface area contributed by atoms with Crippen LogP contribution in [-0.4, -0.2) is 10.9 Å². The Bertz CT molecular complexity index is 891. The highest BCUT2D eigenvalue weighted by Crippen LogP contribution is 2.18. The zero-order valence-corrected chi connectivity index (χ0v) is 14.7. The topological polar surface area (TPSA) is 51.2 Å². The van der Waals surface area contributed by atoms with E-state index >= 15 is 0 Å². The lowest BCUT2D eigenvalue weighted by Crippen LogP contribution is -2.12. The van der Waals surface area contributed by atoms with Crippen LogP contribution in [-0.2, 0) is 6.61 Å². The molecule has 0 aliphatic carbocycles. The summed E-state index contributed by atoms with van der Waals surface area (Å²) in [6.45, 7) is 3.97. The van der Waals surface area contributed by atoms with E-state index in [-0.39, 0.29) is 17.4 Å². The standard InChI is InChI=1S/C19H17FN2O2S/c1-12-3-7-15(8-4-12)24-10-18-22-17(11-25-18)19(23)21-14-6-5-13(2)16(20)9-14/h3-9,11H,10H2,1-2H3,(H,21,23). The van der Waals surface area contributed by atoms with E-state index in [1.807, 2.05) is 31.2 Å². The van der Waals surface area contributed by atoms with Crippen molar-refractivity contribution >= 4 is 22.9 Å². The number of hydrogen-bond acceptors (Lipinski definition) is 4. The Hall–Kier alpha value is -2.73. The lowest BCUT2D eigenvalue weighted by molar-refractivity contribution is 0.102. The van der Waals surface area contributed by atoms with Gasteiger partial charge in [0.05, 0.1) is 0 Å². The number of aryl methyl sites for hydroxylation is 2. The molecule has 0 atom stereocenters. The van der Waals surface area contributed by atoms with Crippen LogP contribution in [0.2, 0.25) is 0 Å². The van der Waals surface area contributed by atoms with Crippen LogP contribution in [0.4, 0.5) is 10.1 Å². The van der Waals surface area contributed by atoms with Crippen molar-refractivity contribution in [3.63, 3.8) is 0 Å². The van der Waals surface area contributed by atoms with Gasteiger partial charge < -0.3 is 10.1 Å². The molecule has 0 saturated heterocycles. The van der Waals surface area contributed by atoms with Crippen LogP contribution in [0, 0.1) is 19.7 Å². The Balaban J connectivity index is 1.61. The van der Waals surface area contributed by atoms with Crippen molar-refractivity contribution in [1.82, 2.24) is 4.98 Å². The third kappa shape index (κ3) is 4.42. The number of halogens is 1. The van der Waals surface area contributed by atoms with E-state index in [1.165, 1.54) is 17.4 Å². The molecule has 2 aromatic carbocycles. The maximum atomic E-state index is 13.5. The quantitative estimate of drug-likeness (QED) is 0.719.